The van der Waals surface area contributed by atoms with Crippen molar-refractivity contribution in [3.05, 3.63) is 59.2 Å². The second kappa shape index (κ2) is 9.78. The Morgan fingerprint density at radius 1 is 1.14 bits per heavy atom. The van der Waals surface area contributed by atoms with Crippen molar-refractivity contribution in [1.82, 2.24) is 0 Å². The number of anilines is 1. The number of amides is 1. The Labute approximate surface area is 162 Å². The maximum atomic E-state index is 12.4. The van der Waals surface area contributed by atoms with Crippen molar-refractivity contribution in [2.75, 3.05) is 18.5 Å². The van der Waals surface area contributed by atoms with Gasteiger partial charge in [0.2, 0.25) is 0 Å². The summed E-state index contributed by atoms with van der Waals surface area (Å²) in [7, 11) is 0. The van der Waals surface area contributed by atoms with E-state index in [4.69, 9.17) is 9.47 Å². The number of phenolic OH excluding ortho intramolecular Hbond substituents is 1. The molecule has 7 heteroatoms. The lowest BCUT2D eigenvalue weighted by Gasteiger charge is -2.08. The maximum absolute atomic E-state index is 12.4. The zero-order valence-electron chi connectivity index (χ0n) is 15.6. The predicted octanol–water partition coefficient (Wildman–Crippen LogP) is 3.51. The third-order valence-electron chi connectivity index (χ3n) is 3.61. The normalized spacial score (nSPS) is 10.7. The lowest BCUT2D eigenvalue weighted by Crippen LogP contribution is -2.13. The van der Waals surface area contributed by atoms with Gasteiger partial charge in [-0.25, -0.2) is 4.79 Å². The summed E-state index contributed by atoms with van der Waals surface area (Å²) in [5.41, 5.74) is 1.21. The molecule has 0 bridgehead atoms. The van der Waals surface area contributed by atoms with Crippen LogP contribution in [0.4, 0.5) is 5.69 Å². The Balaban J connectivity index is 2.15. The molecule has 0 heterocycles. The van der Waals surface area contributed by atoms with Crippen LogP contribution in [0.1, 0.15) is 29.8 Å². The number of hydrogen-bond donors (Lipinski definition) is 2. The molecule has 0 saturated carbocycles. The number of carbonyl (C=O) groups is 2. The van der Waals surface area contributed by atoms with Gasteiger partial charge in [0.15, 0.2) is 11.5 Å². The molecule has 0 spiro atoms. The molecule has 0 aliphatic carbocycles. The van der Waals surface area contributed by atoms with Gasteiger partial charge in [0.1, 0.15) is 11.6 Å². The summed E-state index contributed by atoms with van der Waals surface area (Å²) >= 11 is 0. The van der Waals surface area contributed by atoms with Crippen molar-refractivity contribution in [1.29, 1.82) is 5.26 Å². The van der Waals surface area contributed by atoms with E-state index in [0.717, 1.165) is 0 Å². The van der Waals surface area contributed by atoms with Gasteiger partial charge >= 0.3 is 5.97 Å². The molecule has 2 aromatic carbocycles. The van der Waals surface area contributed by atoms with Crippen molar-refractivity contribution >= 4 is 23.6 Å². The average Bonchev–Trinajstić information content (AvgIpc) is 2.69. The molecule has 0 aromatic heterocycles. The minimum Gasteiger partial charge on any atom is -0.504 e. The number of benzene rings is 2. The zero-order chi connectivity index (χ0) is 20.5. The molecular formula is C21H20N2O5. The van der Waals surface area contributed by atoms with Gasteiger partial charge in [-0.05, 0) is 61.9 Å². The highest BCUT2D eigenvalue weighted by Gasteiger charge is 2.12. The molecule has 0 unspecified atom stereocenters. The standard InChI is InChI=1S/C21H20N2O5/c1-3-27-19-12-14(5-10-18(19)24)11-16(13-22)20(25)23-17-8-6-15(7-9-17)21(26)28-4-2/h5-12,24H,3-4H2,1-2H3,(H,23,25)/b16-11+. The van der Waals surface area contributed by atoms with Crippen LogP contribution in [0.2, 0.25) is 0 Å². The Morgan fingerprint density at radius 3 is 2.46 bits per heavy atom. The van der Waals surface area contributed by atoms with E-state index in [1.165, 1.54) is 30.3 Å². The van der Waals surface area contributed by atoms with Gasteiger partial charge in [-0.15, -0.1) is 0 Å². The van der Waals surface area contributed by atoms with E-state index in [1.54, 1.807) is 32.0 Å². The Morgan fingerprint density at radius 2 is 1.86 bits per heavy atom. The highest BCUT2D eigenvalue weighted by molar-refractivity contribution is 6.09. The summed E-state index contributed by atoms with van der Waals surface area (Å²) in [6.07, 6.45) is 1.39. The van der Waals surface area contributed by atoms with Gasteiger partial charge in [0, 0.05) is 5.69 Å². The molecule has 2 N–H and O–H groups in total. The first-order valence-corrected chi connectivity index (χ1v) is 8.64. The molecule has 144 valence electrons. The molecule has 1 amide bonds. The molecule has 2 rings (SSSR count). The number of nitriles is 1. The largest absolute Gasteiger partial charge is 0.504 e. The van der Waals surface area contributed by atoms with Crippen LogP contribution in [0.25, 0.3) is 6.08 Å². The first-order valence-electron chi connectivity index (χ1n) is 8.64. The lowest BCUT2D eigenvalue weighted by atomic mass is 10.1. The molecule has 0 aliphatic heterocycles. The van der Waals surface area contributed by atoms with E-state index in [0.29, 0.717) is 23.4 Å². The van der Waals surface area contributed by atoms with Gasteiger partial charge in [-0.2, -0.15) is 5.26 Å². The van der Waals surface area contributed by atoms with Gasteiger partial charge in [-0.1, -0.05) is 6.07 Å². The van der Waals surface area contributed by atoms with Gasteiger partial charge in [-0.3, -0.25) is 4.79 Å². The molecule has 0 saturated heterocycles. The number of hydrogen-bond acceptors (Lipinski definition) is 6. The summed E-state index contributed by atoms with van der Waals surface area (Å²) in [6.45, 7) is 4.14. The molecule has 0 radical (unpaired) electrons. The number of carbonyl (C=O) groups excluding carboxylic acids is 2. The van der Waals surface area contributed by atoms with Gasteiger partial charge < -0.3 is 19.9 Å². The molecular weight excluding hydrogens is 360 g/mol. The monoisotopic (exact) mass is 380 g/mol. The van der Waals surface area contributed by atoms with Crippen molar-refractivity contribution < 1.29 is 24.2 Å². The summed E-state index contributed by atoms with van der Waals surface area (Å²) < 4.78 is 10.2. The van der Waals surface area contributed by atoms with Crippen LogP contribution < -0.4 is 10.1 Å². The summed E-state index contributed by atoms with van der Waals surface area (Å²) in [5.74, 6) is -0.806. The number of esters is 1. The predicted molar refractivity (Wildman–Crippen MR) is 104 cm³/mol. The van der Waals surface area contributed by atoms with E-state index in [2.05, 4.69) is 5.32 Å². The highest BCUT2D eigenvalue weighted by Crippen LogP contribution is 2.27. The molecule has 0 aliphatic rings. The number of nitrogens with zero attached hydrogens (tertiary/aromatic N) is 1. The van der Waals surface area contributed by atoms with E-state index in [9.17, 15) is 20.0 Å². The number of rotatable bonds is 7. The molecule has 0 fully saturated rings. The molecule has 28 heavy (non-hydrogen) atoms. The zero-order valence-corrected chi connectivity index (χ0v) is 15.6. The van der Waals surface area contributed by atoms with Crippen LogP contribution in [0.15, 0.2) is 48.0 Å². The Bertz CT molecular complexity index is 927. The third-order valence-corrected chi connectivity index (χ3v) is 3.61. The minimum atomic E-state index is -0.600. The van der Waals surface area contributed by atoms with E-state index < -0.39 is 11.9 Å². The van der Waals surface area contributed by atoms with Crippen molar-refractivity contribution in [2.24, 2.45) is 0 Å². The van der Waals surface area contributed by atoms with Crippen molar-refractivity contribution in [3.8, 4) is 17.6 Å². The second-order valence-electron chi connectivity index (χ2n) is 5.58. The van der Waals surface area contributed by atoms with Gasteiger partial charge in [0.25, 0.3) is 5.91 Å². The van der Waals surface area contributed by atoms with E-state index in [1.807, 2.05) is 6.07 Å². The lowest BCUT2D eigenvalue weighted by molar-refractivity contribution is -0.112. The molecule has 2 aromatic rings. The fraction of sp³-hybridized carbons (Fsp3) is 0.190. The van der Waals surface area contributed by atoms with Gasteiger partial charge in [0.05, 0.1) is 18.8 Å². The quantitative estimate of drug-likeness (QED) is 0.432. The maximum Gasteiger partial charge on any atom is 0.338 e. The van der Waals surface area contributed by atoms with Crippen LogP contribution in [0.5, 0.6) is 11.5 Å². The summed E-state index contributed by atoms with van der Waals surface area (Å²) in [4.78, 5) is 24.0. The second-order valence-corrected chi connectivity index (χ2v) is 5.58. The molecule has 0 atom stereocenters. The smallest absolute Gasteiger partial charge is 0.338 e. The van der Waals surface area contributed by atoms with Crippen LogP contribution in [-0.2, 0) is 9.53 Å². The fourth-order valence-corrected chi connectivity index (χ4v) is 2.31. The Hall–Kier alpha value is -3.79. The summed E-state index contributed by atoms with van der Waals surface area (Å²) in [5, 5.41) is 21.7. The number of nitrogens with one attached hydrogen (secondary N) is 1. The van der Waals surface area contributed by atoms with E-state index >= 15 is 0 Å². The van der Waals surface area contributed by atoms with Crippen LogP contribution in [0.3, 0.4) is 0 Å². The molecule has 7 nitrogen and oxygen atoms in total. The van der Waals surface area contributed by atoms with Crippen LogP contribution in [-0.4, -0.2) is 30.2 Å². The number of aromatic hydroxyl groups is 1. The van der Waals surface area contributed by atoms with E-state index in [-0.39, 0.29) is 23.7 Å². The van der Waals surface area contributed by atoms with Crippen LogP contribution >= 0.6 is 0 Å². The SMILES string of the molecule is CCOC(=O)c1ccc(NC(=O)/C(C#N)=C/c2ccc(O)c(OCC)c2)cc1. The number of phenols is 1. The van der Waals surface area contributed by atoms with Crippen LogP contribution in [0, 0.1) is 11.3 Å². The Kier molecular flexibility index (Phi) is 7.17. The minimum absolute atomic E-state index is 0.0244. The fourth-order valence-electron chi connectivity index (χ4n) is 2.31. The first kappa shape index (κ1) is 20.5. The highest BCUT2D eigenvalue weighted by atomic mass is 16.5. The van der Waals surface area contributed by atoms with Crippen molar-refractivity contribution in [3.63, 3.8) is 0 Å². The third kappa shape index (κ3) is 5.35. The number of ether oxygens (including phenoxy) is 2. The first-order chi connectivity index (χ1) is 13.5. The van der Waals surface area contributed by atoms with Crippen molar-refractivity contribution in [2.45, 2.75) is 13.8 Å². The average molecular weight is 380 g/mol. The summed E-state index contributed by atoms with van der Waals surface area (Å²) in [6, 6.07) is 12.5. The topological polar surface area (TPSA) is 109 Å².